The van der Waals surface area contributed by atoms with Crippen molar-refractivity contribution in [1.29, 1.82) is 0 Å². The van der Waals surface area contributed by atoms with E-state index in [9.17, 15) is 14.4 Å². The summed E-state index contributed by atoms with van der Waals surface area (Å²) in [7, 11) is 0. The lowest BCUT2D eigenvalue weighted by Crippen LogP contribution is -2.30. The summed E-state index contributed by atoms with van der Waals surface area (Å²) in [5.41, 5.74) is 0. The Morgan fingerprint density at radius 1 is 0.269 bits per heavy atom. The van der Waals surface area contributed by atoms with E-state index in [0.717, 1.165) is 122 Å². The van der Waals surface area contributed by atoms with Crippen LogP contribution in [0.5, 0.6) is 0 Å². The summed E-state index contributed by atoms with van der Waals surface area (Å²) < 4.78 is 17.0. The van der Waals surface area contributed by atoms with E-state index >= 15 is 0 Å². The first kappa shape index (κ1) is 74.6. The molecule has 450 valence electrons. The molecule has 6 nitrogen and oxygen atoms in total. The van der Waals surface area contributed by atoms with E-state index in [1.165, 1.54) is 173 Å². The summed E-state index contributed by atoms with van der Waals surface area (Å²) in [6.45, 7) is 6.56. The average Bonchev–Trinajstić information content (AvgIpc) is 3.44. The summed E-state index contributed by atoms with van der Waals surface area (Å²) in [5.74, 6) is -0.879. The Labute approximate surface area is 484 Å². The highest BCUT2D eigenvalue weighted by Crippen LogP contribution is 2.17. The SMILES string of the molecule is CC/C=C\C/C=C\C/C=C\C/C=C\C/C=C\C/C=C\C/C=C\CCCCCCCC(=O)OCC(COC(=O)CCCCCCCCCCCCCCCC)OC(=O)CCCCCCCCCCCCCCCCCCCCC. The fourth-order valence-corrected chi connectivity index (χ4v) is 9.66. The molecule has 0 aromatic heterocycles. The molecule has 0 aliphatic carbocycles. The molecule has 0 heterocycles. The summed E-state index contributed by atoms with van der Waals surface area (Å²) in [5, 5.41) is 0. The van der Waals surface area contributed by atoms with Crippen LogP contribution in [-0.2, 0) is 28.6 Å². The first-order chi connectivity index (χ1) is 38.5. The highest BCUT2D eigenvalue weighted by Gasteiger charge is 2.19. The van der Waals surface area contributed by atoms with E-state index in [1.54, 1.807) is 0 Å². The van der Waals surface area contributed by atoms with Gasteiger partial charge in [-0.2, -0.15) is 0 Å². The van der Waals surface area contributed by atoms with Gasteiger partial charge in [-0.15, -0.1) is 0 Å². The number of allylic oxidation sites excluding steroid dienone is 14. The summed E-state index contributed by atoms with van der Waals surface area (Å²) in [6, 6.07) is 0. The fourth-order valence-electron chi connectivity index (χ4n) is 9.66. The van der Waals surface area contributed by atoms with E-state index in [1.807, 2.05) is 0 Å². The molecule has 0 N–H and O–H groups in total. The van der Waals surface area contributed by atoms with Crippen molar-refractivity contribution >= 4 is 17.9 Å². The van der Waals surface area contributed by atoms with E-state index in [2.05, 4.69) is 106 Å². The molecule has 0 rings (SSSR count). The summed E-state index contributed by atoms with van der Waals surface area (Å²) in [4.78, 5) is 38.4. The van der Waals surface area contributed by atoms with Gasteiger partial charge < -0.3 is 14.2 Å². The van der Waals surface area contributed by atoms with Crippen molar-refractivity contribution in [2.75, 3.05) is 13.2 Å². The van der Waals surface area contributed by atoms with E-state index < -0.39 is 6.10 Å². The van der Waals surface area contributed by atoms with Crippen molar-refractivity contribution < 1.29 is 28.6 Å². The number of hydrogen-bond acceptors (Lipinski definition) is 6. The van der Waals surface area contributed by atoms with Gasteiger partial charge in [0, 0.05) is 19.3 Å². The molecule has 0 spiro atoms. The van der Waals surface area contributed by atoms with Gasteiger partial charge >= 0.3 is 17.9 Å². The molecule has 1 atom stereocenters. The number of esters is 3. The second-order valence-electron chi connectivity index (χ2n) is 22.4. The normalized spacial score (nSPS) is 12.6. The van der Waals surface area contributed by atoms with Gasteiger partial charge in [-0.1, -0.05) is 324 Å². The molecule has 0 aliphatic rings. The Morgan fingerprint density at radius 3 is 0.782 bits per heavy atom. The molecule has 78 heavy (non-hydrogen) atoms. The third-order valence-corrected chi connectivity index (χ3v) is 14.7. The molecule has 0 saturated carbocycles. The van der Waals surface area contributed by atoms with Crippen LogP contribution in [0.4, 0.5) is 0 Å². The third-order valence-electron chi connectivity index (χ3n) is 14.7. The average molecular weight is 1090 g/mol. The minimum atomic E-state index is -0.783. The first-order valence-corrected chi connectivity index (χ1v) is 33.6. The minimum Gasteiger partial charge on any atom is -0.462 e. The quantitative estimate of drug-likeness (QED) is 0.0261. The highest BCUT2D eigenvalue weighted by molar-refractivity contribution is 5.71. The summed E-state index contributed by atoms with van der Waals surface area (Å²) >= 11 is 0. The number of carbonyl (C=O) groups excluding carboxylic acids is 3. The van der Waals surface area contributed by atoms with Gasteiger partial charge in [0.05, 0.1) is 0 Å². The zero-order chi connectivity index (χ0) is 56.4. The van der Waals surface area contributed by atoms with Crippen LogP contribution in [0.15, 0.2) is 85.1 Å². The molecular formula is C72H126O6. The Bertz CT molecular complexity index is 1480. The Hall–Kier alpha value is -3.41. The Balaban J connectivity index is 4.35. The maximum absolute atomic E-state index is 12.9. The molecule has 1 unspecified atom stereocenters. The largest absolute Gasteiger partial charge is 0.462 e. The zero-order valence-electron chi connectivity index (χ0n) is 51.7. The van der Waals surface area contributed by atoms with Crippen LogP contribution in [0, 0.1) is 0 Å². The van der Waals surface area contributed by atoms with Crippen molar-refractivity contribution in [2.24, 2.45) is 0 Å². The van der Waals surface area contributed by atoms with Crippen LogP contribution in [0.25, 0.3) is 0 Å². The number of carbonyl (C=O) groups is 3. The number of rotatable bonds is 61. The monoisotopic (exact) mass is 1090 g/mol. The molecular weight excluding hydrogens is 961 g/mol. The van der Waals surface area contributed by atoms with Gasteiger partial charge in [-0.05, 0) is 77.0 Å². The smallest absolute Gasteiger partial charge is 0.306 e. The van der Waals surface area contributed by atoms with Crippen LogP contribution < -0.4 is 0 Å². The Kier molecular flexibility index (Phi) is 63.2. The highest BCUT2D eigenvalue weighted by atomic mass is 16.6. The maximum Gasteiger partial charge on any atom is 0.306 e. The van der Waals surface area contributed by atoms with Gasteiger partial charge in [0.25, 0.3) is 0 Å². The first-order valence-electron chi connectivity index (χ1n) is 33.6. The standard InChI is InChI=1S/C72H126O6/c1-4-7-10-13-16-19-22-25-28-30-32-33-34-35-36-37-38-39-41-42-44-47-50-53-56-59-62-65-71(74)77-68-69(67-76-70(73)64-61-58-55-52-49-46-27-24-21-18-15-12-9-6-3)78-72(75)66-63-60-57-54-51-48-45-43-40-31-29-26-23-20-17-14-11-8-5-2/h7,10,16,19,25,28,32-33,35-36,38-39,42,44,69H,4-6,8-9,11-15,17-18,20-24,26-27,29-31,34,37,40-41,43,45-68H2,1-3H3/b10-7-,19-16-,28-25-,33-32-,36-35-,39-38-,44-42-. The topological polar surface area (TPSA) is 78.9 Å². The fraction of sp³-hybridized carbons (Fsp3) is 0.764. The van der Waals surface area contributed by atoms with E-state index in [0.29, 0.717) is 19.3 Å². The molecule has 0 bridgehead atoms. The molecule has 0 radical (unpaired) electrons. The van der Waals surface area contributed by atoms with Gasteiger partial charge in [-0.3, -0.25) is 14.4 Å². The Morgan fingerprint density at radius 2 is 0.500 bits per heavy atom. The molecule has 0 aromatic carbocycles. The minimum absolute atomic E-state index is 0.0779. The molecule has 0 fully saturated rings. The van der Waals surface area contributed by atoms with Gasteiger partial charge in [0.2, 0.25) is 0 Å². The van der Waals surface area contributed by atoms with Gasteiger partial charge in [-0.25, -0.2) is 0 Å². The second kappa shape index (κ2) is 66.1. The van der Waals surface area contributed by atoms with Crippen molar-refractivity contribution in [3.05, 3.63) is 85.1 Å². The van der Waals surface area contributed by atoms with Crippen LogP contribution in [-0.4, -0.2) is 37.2 Å². The maximum atomic E-state index is 12.9. The lowest BCUT2D eigenvalue weighted by atomic mass is 10.0. The predicted octanol–water partition coefficient (Wildman–Crippen LogP) is 23.1. The zero-order valence-corrected chi connectivity index (χ0v) is 51.7. The number of hydrogen-bond donors (Lipinski definition) is 0. The molecule has 0 aromatic rings. The second-order valence-corrected chi connectivity index (χ2v) is 22.4. The van der Waals surface area contributed by atoms with Crippen LogP contribution >= 0.6 is 0 Å². The van der Waals surface area contributed by atoms with Crippen LogP contribution in [0.3, 0.4) is 0 Å². The van der Waals surface area contributed by atoms with Crippen molar-refractivity contribution in [3.8, 4) is 0 Å². The molecule has 0 amide bonds. The van der Waals surface area contributed by atoms with Crippen molar-refractivity contribution in [3.63, 3.8) is 0 Å². The molecule has 6 heteroatoms. The lowest BCUT2D eigenvalue weighted by Gasteiger charge is -2.18. The van der Waals surface area contributed by atoms with Gasteiger partial charge in [0.1, 0.15) is 13.2 Å². The van der Waals surface area contributed by atoms with Crippen LogP contribution in [0.2, 0.25) is 0 Å². The lowest BCUT2D eigenvalue weighted by molar-refractivity contribution is -0.167. The van der Waals surface area contributed by atoms with E-state index in [4.69, 9.17) is 14.2 Å². The number of unbranched alkanes of at least 4 members (excludes halogenated alkanes) is 36. The molecule has 0 saturated heterocycles. The van der Waals surface area contributed by atoms with Gasteiger partial charge in [0.15, 0.2) is 6.10 Å². The van der Waals surface area contributed by atoms with E-state index in [-0.39, 0.29) is 31.1 Å². The number of ether oxygens (including phenoxy) is 3. The van der Waals surface area contributed by atoms with Crippen molar-refractivity contribution in [1.82, 2.24) is 0 Å². The van der Waals surface area contributed by atoms with Crippen molar-refractivity contribution in [2.45, 2.75) is 341 Å². The predicted molar refractivity (Wildman–Crippen MR) is 339 cm³/mol. The third kappa shape index (κ3) is 63.4. The van der Waals surface area contributed by atoms with Crippen LogP contribution in [0.1, 0.15) is 335 Å². The summed E-state index contributed by atoms with van der Waals surface area (Å²) in [6.07, 6.45) is 87.3. The molecule has 0 aliphatic heterocycles.